The smallest absolute Gasteiger partial charge is 0.174 e. The monoisotopic (exact) mass is 301 g/mol. The summed E-state index contributed by atoms with van der Waals surface area (Å²) in [4.78, 5) is 5.26. The van der Waals surface area contributed by atoms with E-state index in [9.17, 15) is 0 Å². The van der Waals surface area contributed by atoms with E-state index in [1.54, 1.807) is 18.1 Å². The van der Waals surface area contributed by atoms with Crippen molar-refractivity contribution < 1.29 is 0 Å². The molecule has 0 aliphatic heterocycles. The Hall–Kier alpha value is -0.430. The van der Waals surface area contributed by atoms with Crippen LogP contribution in [0.4, 0.5) is 0 Å². The SMILES string of the molecule is NCc1cc(Br)ccc1Sc1ncns1. The van der Waals surface area contributed by atoms with Crippen LogP contribution in [-0.2, 0) is 6.54 Å². The first-order chi connectivity index (χ1) is 7.29. The lowest BCUT2D eigenvalue weighted by Gasteiger charge is -2.05. The molecule has 1 aromatic carbocycles. The average Bonchev–Trinajstić information content (AvgIpc) is 2.73. The number of hydrogen-bond donors (Lipinski definition) is 1. The van der Waals surface area contributed by atoms with Gasteiger partial charge in [0.15, 0.2) is 4.34 Å². The van der Waals surface area contributed by atoms with Crippen LogP contribution in [0.5, 0.6) is 0 Å². The van der Waals surface area contributed by atoms with Crippen molar-refractivity contribution in [2.45, 2.75) is 15.8 Å². The lowest BCUT2D eigenvalue weighted by atomic mass is 10.2. The van der Waals surface area contributed by atoms with Crippen LogP contribution in [0.1, 0.15) is 5.56 Å². The fourth-order valence-corrected chi connectivity index (χ4v) is 3.04. The van der Waals surface area contributed by atoms with Gasteiger partial charge in [-0.05, 0) is 35.3 Å². The molecule has 0 bridgehead atoms. The Morgan fingerprint density at radius 3 is 3.00 bits per heavy atom. The van der Waals surface area contributed by atoms with Gasteiger partial charge in [-0.1, -0.05) is 27.7 Å². The third-order valence-electron chi connectivity index (χ3n) is 1.78. The quantitative estimate of drug-likeness (QED) is 0.947. The van der Waals surface area contributed by atoms with E-state index in [-0.39, 0.29) is 0 Å². The van der Waals surface area contributed by atoms with Gasteiger partial charge in [0.1, 0.15) is 6.33 Å². The third kappa shape index (κ3) is 2.78. The van der Waals surface area contributed by atoms with Crippen molar-refractivity contribution in [3.05, 3.63) is 34.6 Å². The molecule has 2 rings (SSSR count). The molecule has 0 unspecified atom stereocenters. The molecule has 0 aliphatic rings. The van der Waals surface area contributed by atoms with Gasteiger partial charge in [-0.2, -0.15) is 4.37 Å². The van der Waals surface area contributed by atoms with Crippen molar-refractivity contribution in [2.24, 2.45) is 5.73 Å². The molecule has 2 aromatic rings. The summed E-state index contributed by atoms with van der Waals surface area (Å²) in [5, 5.41) is 0. The molecule has 0 fully saturated rings. The Morgan fingerprint density at radius 1 is 1.47 bits per heavy atom. The molecule has 0 aliphatic carbocycles. The fourth-order valence-electron chi connectivity index (χ4n) is 1.11. The third-order valence-corrected chi connectivity index (χ3v) is 4.11. The maximum Gasteiger partial charge on any atom is 0.174 e. The molecule has 0 amide bonds. The maximum atomic E-state index is 5.68. The summed E-state index contributed by atoms with van der Waals surface area (Å²) >= 11 is 6.41. The van der Waals surface area contributed by atoms with Crippen LogP contribution in [-0.4, -0.2) is 9.36 Å². The lowest BCUT2D eigenvalue weighted by Crippen LogP contribution is -1.98. The van der Waals surface area contributed by atoms with Gasteiger partial charge in [0.2, 0.25) is 0 Å². The molecule has 1 heterocycles. The Morgan fingerprint density at radius 2 is 2.33 bits per heavy atom. The van der Waals surface area contributed by atoms with Crippen LogP contribution < -0.4 is 5.73 Å². The van der Waals surface area contributed by atoms with E-state index in [0.717, 1.165) is 19.3 Å². The predicted molar refractivity (Wildman–Crippen MR) is 66.1 cm³/mol. The summed E-state index contributed by atoms with van der Waals surface area (Å²) in [6, 6.07) is 6.07. The first kappa shape index (κ1) is 11.1. The van der Waals surface area contributed by atoms with Gasteiger partial charge in [-0.25, -0.2) is 4.98 Å². The van der Waals surface area contributed by atoms with E-state index in [1.807, 2.05) is 18.2 Å². The highest BCUT2D eigenvalue weighted by Gasteiger charge is 2.06. The number of hydrogen-bond acceptors (Lipinski definition) is 5. The normalized spacial score (nSPS) is 10.5. The molecule has 0 radical (unpaired) electrons. The van der Waals surface area contributed by atoms with Gasteiger partial charge in [-0.15, -0.1) is 0 Å². The largest absolute Gasteiger partial charge is 0.326 e. The first-order valence-electron chi connectivity index (χ1n) is 4.22. The first-order valence-corrected chi connectivity index (χ1v) is 6.61. The van der Waals surface area contributed by atoms with Gasteiger partial charge in [0.25, 0.3) is 0 Å². The zero-order valence-corrected chi connectivity index (χ0v) is 10.9. The molecule has 1 aromatic heterocycles. The van der Waals surface area contributed by atoms with Crippen LogP contribution in [0, 0.1) is 0 Å². The van der Waals surface area contributed by atoms with Crippen molar-refractivity contribution >= 4 is 39.2 Å². The molecule has 0 saturated heterocycles. The number of halogens is 1. The highest BCUT2D eigenvalue weighted by molar-refractivity contribution is 9.10. The number of benzene rings is 1. The Kier molecular flexibility index (Phi) is 3.74. The number of rotatable bonds is 3. The van der Waals surface area contributed by atoms with Gasteiger partial charge in [0.05, 0.1) is 0 Å². The Bertz CT molecular complexity index is 445. The summed E-state index contributed by atoms with van der Waals surface area (Å²) in [6.45, 7) is 0.528. The van der Waals surface area contributed by atoms with Crippen molar-refractivity contribution in [1.82, 2.24) is 9.36 Å². The number of aromatic nitrogens is 2. The van der Waals surface area contributed by atoms with Crippen molar-refractivity contribution in [3.63, 3.8) is 0 Å². The van der Waals surface area contributed by atoms with Crippen molar-refractivity contribution in [3.8, 4) is 0 Å². The minimum atomic E-state index is 0.528. The molecule has 78 valence electrons. The molecule has 3 nitrogen and oxygen atoms in total. The molecular weight excluding hydrogens is 294 g/mol. The number of nitrogens with zero attached hydrogens (tertiary/aromatic N) is 2. The van der Waals surface area contributed by atoms with E-state index in [4.69, 9.17) is 5.73 Å². The van der Waals surface area contributed by atoms with Crippen LogP contribution in [0.25, 0.3) is 0 Å². The predicted octanol–water partition coefficient (Wildman–Crippen LogP) is 2.91. The maximum absolute atomic E-state index is 5.68. The van der Waals surface area contributed by atoms with Crippen LogP contribution >= 0.6 is 39.2 Å². The second-order valence-corrected chi connectivity index (χ2v) is 5.75. The Labute approximate surface area is 104 Å². The molecular formula is C9H8BrN3S2. The van der Waals surface area contributed by atoms with Crippen molar-refractivity contribution in [1.29, 1.82) is 0 Å². The molecule has 0 spiro atoms. The van der Waals surface area contributed by atoms with Gasteiger partial charge < -0.3 is 5.73 Å². The minimum Gasteiger partial charge on any atom is -0.326 e. The van der Waals surface area contributed by atoms with Gasteiger partial charge in [0, 0.05) is 15.9 Å². The van der Waals surface area contributed by atoms with Crippen LogP contribution in [0.2, 0.25) is 0 Å². The average molecular weight is 302 g/mol. The summed E-state index contributed by atoms with van der Waals surface area (Å²) in [5.41, 5.74) is 6.80. The minimum absolute atomic E-state index is 0.528. The Balaban J connectivity index is 2.28. The van der Waals surface area contributed by atoms with E-state index in [2.05, 4.69) is 25.3 Å². The lowest BCUT2D eigenvalue weighted by molar-refractivity contribution is 1.02. The standard InChI is InChI=1S/C9H8BrN3S2/c10-7-1-2-8(6(3-7)4-11)14-9-12-5-13-15-9/h1-3,5H,4,11H2. The summed E-state index contributed by atoms with van der Waals surface area (Å²) in [6.07, 6.45) is 1.56. The summed E-state index contributed by atoms with van der Waals surface area (Å²) < 4.78 is 5.94. The topological polar surface area (TPSA) is 51.8 Å². The number of nitrogens with two attached hydrogens (primary N) is 1. The van der Waals surface area contributed by atoms with E-state index in [1.165, 1.54) is 11.5 Å². The highest BCUT2D eigenvalue weighted by atomic mass is 79.9. The fraction of sp³-hybridized carbons (Fsp3) is 0.111. The molecule has 0 atom stereocenters. The van der Waals surface area contributed by atoms with Gasteiger partial charge >= 0.3 is 0 Å². The van der Waals surface area contributed by atoms with Crippen molar-refractivity contribution in [2.75, 3.05) is 0 Å². The molecule has 2 N–H and O–H groups in total. The van der Waals surface area contributed by atoms with E-state index >= 15 is 0 Å². The summed E-state index contributed by atoms with van der Waals surface area (Å²) in [7, 11) is 0. The zero-order chi connectivity index (χ0) is 10.7. The van der Waals surface area contributed by atoms with E-state index in [0.29, 0.717) is 6.54 Å². The van der Waals surface area contributed by atoms with E-state index < -0.39 is 0 Å². The second-order valence-electron chi connectivity index (χ2n) is 2.77. The molecule has 6 heteroatoms. The van der Waals surface area contributed by atoms with Crippen LogP contribution in [0.15, 0.2) is 38.2 Å². The van der Waals surface area contributed by atoms with Gasteiger partial charge in [-0.3, -0.25) is 0 Å². The second kappa shape index (κ2) is 5.07. The summed E-state index contributed by atoms with van der Waals surface area (Å²) in [5.74, 6) is 0. The highest BCUT2D eigenvalue weighted by Crippen LogP contribution is 2.32. The van der Waals surface area contributed by atoms with Crippen LogP contribution in [0.3, 0.4) is 0 Å². The molecule has 15 heavy (non-hydrogen) atoms. The zero-order valence-electron chi connectivity index (χ0n) is 7.68. The molecule has 0 saturated carbocycles.